The van der Waals surface area contributed by atoms with E-state index in [0.29, 0.717) is 24.6 Å². The monoisotopic (exact) mass is 328 g/mol. The topological polar surface area (TPSA) is 64.5 Å². The maximum absolute atomic E-state index is 9.61. The molecule has 2 rings (SSSR count). The second-order valence-corrected chi connectivity index (χ2v) is 4.61. The molecule has 0 saturated carbocycles. The Hall–Kier alpha value is -1.52. The Bertz CT molecular complexity index is 500. The van der Waals surface area contributed by atoms with Gasteiger partial charge in [0.05, 0.1) is 0 Å². The average molecular weight is 328 g/mol. The van der Waals surface area contributed by atoms with Crippen molar-refractivity contribution >= 4 is 0 Å². The summed E-state index contributed by atoms with van der Waals surface area (Å²) < 4.78 is 0. The molecule has 4 N–H and O–H groups in total. The molecule has 0 amide bonds. The van der Waals surface area contributed by atoms with Gasteiger partial charge in [-0.3, -0.25) is 0 Å². The molecule has 0 atom stereocenters. The van der Waals surface area contributed by atoms with Crippen LogP contribution >= 0.6 is 0 Å². The van der Waals surface area contributed by atoms with Crippen molar-refractivity contribution in [2.75, 3.05) is 13.1 Å². The van der Waals surface area contributed by atoms with Gasteiger partial charge < -0.3 is 20.8 Å². The van der Waals surface area contributed by atoms with E-state index in [1.807, 2.05) is 36.4 Å². The van der Waals surface area contributed by atoms with Gasteiger partial charge in [-0.1, -0.05) is 36.4 Å². The van der Waals surface area contributed by atoms with Crippen molar-refractivity contribution in [1.82, 2.24) is 10.6 Å². The maximum atomic E-state index is 9.61. The number of aromatic hydroxyl groups is 2. The van der Waals surface area contributed by atoms with Crippen molar-refractivity contribution in [3.05, 3.63) is 59.7 Å². The van der Waals surface area contributed by atoms with E-state index >= 15 is 0 Å². The quantitative estimate of drug-likeness (QED) is 0.464. The van der Waals surface area contributed by atoms with Gasteiger partial charge >= 0.3 is 0 Å². The Morgan fingerprint density at radius 1 is 0.667 bits per heavy atom. The van der Waals surface area contributed by atoms with Crippen LogP contribution in [0.2, 0.25) is 0 Å². The van der Waals surface area contributed by atoms with E-state index in [0.717, 1.165) is 24.2 Å². The number of hydrogen-bond donors (Lipinski definition) is 4. The minimum atomic E-state index is 0. The van der Waals surface area contributed by atoms with Crippen molar-refractivity contribution in [1.29, 1.82) is 0 Å². The number of para-hydroxylation sites is 2. The first-order valence-corrected chi connectivity index (χ1v) is 6.72. The van der Waals surface area contributed by atoms with Gasteiger partial charge in [-0.15, -0.1) is 0 Å². The first-order chi connectivity index (χ1) is 9.77. The predicted octanol–water partition coefficient (Wildman–Crippen LogP) is 1.97. The summed E-state index contributed by atoms with van der Waals surface area (Å²) in [6.45, 7) is 2.87. The van der Waals surface area contributed by atoms with Crippen molar-refractivity contribution in [2.24, 2.45) is 0 Å². The van der Waals surface area contributed by atoms with Gasteiger partial charge in [0.1, 0.15) is 11.5 Å². The summed E-state index contributed by atoms with van der Waals surface area (Å²) in [5.74, 6) is 0.643. The fourth-order valence-corrected chi connectivity index (χ4v) is 1.94. The fourth-order valence-electron chi connectivity index (χ4n) is 1.94. The van der Waals surface area contributed by atoms with Crippen LogP contribution in [0.1, 0.15) is 11.1 Å². The largest absolute Gasteiger partial charge is 0.508 e. The predicted molar refractivity (Wildman–Crippen MR) is 79.6 cm³/mol. The molecule has 0 spiro atoms. The van der Waals surface area contributed by atoms with E-state index in [1.54, 1.807) is 12.1 Å². The zero-order valence-electron chi connectivity index (χ0n) is 11.7. The third-order valence-electron chi connectivity index (χ3n) is 3.09. The molecule has 0 bridgehead atoms. The van der Waals surface area contributed by atoms with E-state index < -0.39 is 0 Å². The summed E-state index contributed by atoms with van der Waals surface area (Å²) in [5, 5.41) is 25.7. The SMILES string of the molecule is Oc1ccccc1CNCCNCc1ccccc1O.[Fe]. The van der Waals surface area contributed by atoms with Gasteiger partial charge in [-0.2, -0.15) is 0 Å². The minimum Gasteiger partial charge on any atom is -0.508 e. The van der Waals surface area contributed by atoms with Gasteiger partial charge in [0, 0.05) is 54.4 Å². The molecular formula is C16H20FeN2O2. The van der Waals surface area contributed by atoms with Crippen LogP contribution in [0.3, 0.4) is 0 Å². The van der Waals surface area contributed by atoms with Gasteiger partial charge in [-0.25, -0.2) is 0 Å². The smallest absolute Gasteiger partial charge is 0.120 e. The first-order valence-electron chi connectivity index (χ1n) is 6.72. The van der Waals surface area contributed by atoms with E-state index in [2.05, 4.69) is 10.6 Å². The number of benzene rings is 2. The molecule has 21 heavy (non-hydrogen) atoms. The second-order valence-electron chi connectivity index (χ2n) is 4.61. The van der Waals surface area contributed by atoms with Gasteiger partial charge in [0.2, 0.25) is 0 Å². The van der Waals surface area contributed by atoms with Crippen LogP contribution in [0.15, 0.2) is 48.5 Å². The number of rotatable bonds is 7. The van der Waals surface area contributed by atoms with Gasteiger partial charge in [0.15, 0.2) is 0 Å². The average Bonchev–Trinajstić information content (AvgIpc) is 2.46. The molecule has 0 unspecified atom stereocenters. The molecule has 0 aromatic heterocycles. The zero-order valence-corrected chi connectivity index (χ0v) is 12.8. The van der Waals surface area contributed by atoms with Crippen LogP contribution in [0.25, 0.3) is 0 Å². The van der Waals surface area contributed by atoms with E-state index in [-0.39, 0.29) is 17.1 Å². The third-order valence-corrected chi connectivity index (χ3v) is 3.09. The molecule has 4 nitrogen and oxygen atoms in total. The number of nitrogens with one attached hydrogen (secondary N) is 2. The molecule has 0 aliphatic carbocycles. The Morgan fingerprint density at radius 2 is 1.05 bits per heavy atom. The molecule has 0 heterocycles. The van der Waals surface area contributed by atoms with Crippen LogP contribution in [0.4, 0.5) is 0 Å². The normalized spacial score (nSPS) is 10.1. The van der Waals surface area contributed by atoms with Crippen molar-refractivity contribution in [3.63, 3.8) is 0 Å². The van der Waals surface area contributed by atoms with Gasteiger partial charge in [0.25, 0.3) is 0 Å². The standard InChI is InChI=1S/C16H20N2O2.Fe/c19-15-7-3-1-5-13(15)11-17-9-10-18-12-14-6-2-4-8-16(14)20;/h1-8,17-20H,9-12H2;. The molecule has 2 aromatic rings. The first kappa shape index (κ1) is 17.5. The molecule has 0 saturated heterocycles. The van der Waals surface area contributed by atoms with E-state index in [9.17, 15) is 10.2 Å². The van der Waals surface area contributed by atoms with Crippen molar-refractivity contribution in [3.8, 4) is 11.5 Å². The van der Waals surface area contributed by atoms with E-state index in [1.165, 1.54) is 0 Å². The van der Waals surface area contributed by atoms with Crippen LogP contribution in [-0.2, 0) is 30.2 Å². The number of phenols is 2. The molecule has 0 fully saturated rings. The fraction of sp³-hybridized carbons (Fsp3) is 0.250. The Balaban J connectivity index is 0.00000220. The molecule has 0 aliphatic heterocycles. The maximum Gasteiger partial charge on any atom is 0.120 e. The minimum absolute atomic E-state index is 0. The summed E-state index contributed by atoms with van der Waals surface area (Å²) in [6, 6.07) is 14.6. The van der Waals surface area contributed by atoms with Crippen LogP contribution in [0.5, 0.6) is 11.5 Å². The summed E-state index contributed by atoms with van der Waals surface area (Å²) in [5.41, 5.74) is 1.79. The van der Waals surface area contributed by atoms with Crippen LogP contribution < -0.4 is 10.6 Å². The molecule has 2 aromatic carbocycles. The van der Waals surface area contributed by atoms with Crippen LogP contribution in [0, 0.1) is 0 Å². The summed E-state index contributed by atoms with van der Waals surface area (Å²) in [7, 11) is 0. The molecule has 5 heteroatoms. The second kappa shape index (κ2) is 9.42. The van der Waals surface area contributed by atoms with Gasteiger partial charge in [-0.05, 0) is 12.1 Å². The van der Waals surface area contributed by atoms with Crippen molar-refractivity contribution < 1.29 is 27.3 Å². The third kappa shape index (κ3) is 5.77. The number of hydrogen-bond acceptors (Lipinski definition) is 4. The molecule has 0 aliphatic rings. The summed E-state index contributed by atoms with van der Waals surface area (Å²) in [6.07, 6.45) is 0. The number of phenolic OH excluding ortho intramolecular Hbond substituents is 2. The zero-order chi connectivity index (χ0) is 14.2. The summed E-state index contributed by atoms with van der Waals surface area (Å²) >= 11 is 0. The Labute approximate surface area is 135 Å². The van der Waals surface area contributed by atoms with Crippen LogP contribution in [-0.4, -0.2) is 23.3 Å². The van der Waals surface area contributed by atoms with Crippen molar-refractivity contribution in [2.45, 2.75) is 13.1 Å². The molecular weight excluding hydrogens is 308 g/mol. The Morgan fingerprint density at radius 3 is 1.43 bits per heavy atom. The summed E-state index contributed by atoms with van der Waals surface area (Å²) in [4.78, 5) is 0. The molecule has 114 valence electrons. The van der Waals surface area contributed by atoms with E-state index in [4.69, 9.17) is 0 Å². The Kier molecular flexibility index (Phi) is 7.87. The molecule has 0 radical (unpaired) electrons.